The molecule has 0 bridgehead atoms. The molecular weight excluding hydrogens is 288 g/mol. The second-order valence-electron chi connectivity index (χ2n) is 4.99. The predicted octanol–water partition coefficient (Wildman–Crippen LogP) is 2.61. The maximum absolute atomic E-state index is 5.63. The van der Waals surface area contributed by atoms with Gasteiger partial charge in [0, 0.05) is 12.6 Å². The number of hydrogen-bond acceptors (Lipinski definition) is 5. The van der Waals surface area contributed by atoms with Crippen LogP contribution in [0.15, 0.2) is 24.3 Å². The molecule has 2 N–H and O–H groups in total. The summed E-state index contributed by atoms with van der Waals surface area (Å²) < 4.78 is 5.63. The third kappa shape index (κ3) is 3.74. The number of hydrogen-bond donors (Lipinski definition) is 2. The average molecular weight is 309 g/mol. The molecule has 1 aromatic carbocycles. The number of aromatic nitrogens is 2. The van der Waals surface area contributed by atoms with Gasteiger partial charge >= 0.3 is 0 Å². The van der Waals surface area contributed by atoms with Crippen molar-refractivity contribution in [2.45, 2.75) is 25.8 Å². The van der Waals surface area contributed by atoms with Crippen LogP contribution in [-0.2, 0) is 0 Å². The summed E-state index contributed by atoms with van der Waals surface area (Å²) in [5.74, 6) is 1.34. The normalized spacial score (nSPS) is 18.0. The Morgan fingerprint density at radius 1 is 1.29 bits per heavy atom. The van der Waals surface area contributed by atoms with Crippen molar-refractivity contribution in [1.82, 2.24) is 15.3 Å². The summed E-state index contributed by atoms with van der Waals surface area (Å²) in [7, 11) is 0. The van der Waals surface area contributed by atoms with E-state index in [1.54, 1.807) is 0 Å². The molecule has 0 amide bonds. The first-order valence-corrected chi connectivity index (χ1v) is 7.23. The minimum absolute atomic E-state index is 0. The van der Waals surface area contributed by atoms with Gasteiger partial charge in [-0.05, 0) is 38.4 Å². The molecule has 1 fully saturated rings. The summed E-state index contributed by atoms with van der Waals surface area (Å²) in [4.78, 5) is 9.22. The van der Waals surface area contributed by atoms with E-state index in [1.165, 1.54) is 6.42 Å². The minimum Gasteiger partial charge on any atom is -0.475 e. The van der Waals surface area contributed by atoms with Crippen LogP contribution in [-0.4, -0.2) is 35.7 Å². The van der Waals surface area contributed by atoms with Crippen LogP contribution >= 0.6 is 12.4 Å². The van der Waals surface area contributed by atoms with Crippen molar-refractivity contribution in [3.8, 4) is 5.88 Å². The highest BCUT2D eigenvalue weighted by Gasteiger charge is 2.17. The number of ether oxygens (including phenoxy) is 1. The summed E-state index contributed by atoms with van der Waals surface area (Å²) in [6.07, 6.45) is 2.33. The van der Waals surface area contributed by atoms with Crippen LogP contribution in [0.1, 0.15) is 19.8 Å². The van der Waals surface area contributed by atoms with E-state index in [9.17, 15) is 0 Å². The van der Waals surface area contributed by atoms with Gasteiger partial charge in [-0.2, -0.15) is 0 Å². The Hall–Kier alpha value is -1.59. The zero-order valence-electron chi connectivity index (χ0n) is 12.1. The molecule has 1 aromatic heterocycles. The Balaban J connectivity index is 0.00000161. The first kappa shape index (κ1) is 15.8. The minimum atomic E-state index is 0. The first-order valence-electron chi connectivity index (χ1n) is 7.23. The number of halogens is 1. The van der Waals surface area contributed by atoms with Crippen molar-refractivity contribution in [2.24, 2.45) is 0 Å². The number of nitrogens with one attached hydrogen (secondary N) is 2. The Labute approximate surface area is 130 Å². The summed E-state index contributed by atoms with van der Waals surface area (Å²) in [6.45, 7) is 4.60. The lowest BCUT2D eigenvalue weighted by Crippen LogP contribution is -2.38. The maximum atomic E-state index is 5.63. The fourth-order valence-corrected chi connectivity index (χ4v) is 2.48. The van der Waals surface area contributed by atoms with Gasteiger partial charge in [-0.3, -0.25) is 0 Å². The van der Waals surface area contributed by atoms with Gasteiger partial charge in [0.2, 0.25) is 0 Å². The van der Waals surface area contributed by atoms with Crippen LogP contribution in [0.25, 0.3) is 11.0 Å². The molecule has 1 aliphatic rings. The van der Waals surface area contributed by atoms with E-state index in [1.807, 2.05) is 31.2 Å². The predicted molar refractivity (Wildman–Crippen MR) is 87.5 cm³/mol. The number of para-hydroxylation sites is 2. The Kier molecular flexibility index (Phi) is 5.59. The van der Waals surface area contributed by atoms with Crippen molar-refractivity contribution in [1.29, 1.82) is 0 Å². The van der Waals surface area contributed by atoms with Crippen LogP contribution in [0.4, 0.5) is 5.82 Å². The summed E-state index contributed by atoms with van der Waals surface area (Å²) in [5, 5.41) is 6.86. The molecule has 1 atom stereocenters. The molecule has 0 radical (unpaired) electrons. The standard InChI is InChI=1S/C15H20N4O.ClH/c1-2-20-15-14(17-11-6-5-9-16-10-11)18-12-7-3-4-8-13(12)19-15;/h3-4,7-8,11,16H,2,5-6,9-10H2,1H3,(H,17,18);1H/t11-;/m1./s1. The molecule has 0 aliphatic carbocycles. The first-order chi connectivity index (χ1) is 9.86. The summed E-state index contributed by atoms with van der Waals surface area (Å²) in [6, 6.07) is 8.26. The molecule has 1 saturated heterocycles. The van der Waals surface area contributed by atoms with E-state index >= 15 is 0 Å². The molecule has 6 heteroatoms. The number of rotatable bonds is 4. The van der Waals surface area contributed by atoms with Crippen molar-refractivity contribution in [3.63, 3.8) is 0 Å². The van der Waals surface area contributed by atoms with Crippen molar-refractivity contribution in [2.75, 3.05) is 25.0 Å². The van der Waals surface area contributed by atoms with Gasteiger partial charge in [-0.15, -0.1) is 12.4 Å². The molecule has 21 heavy (non-hydrogen) atoms. The molecule has 0 saturated carbocycles. The van der Waals surface area contributed by atoms with Crippen LogP contribution in [0.2, 0.25) is 0 Å². The van der Waals surface area contributed by atoms with Crippen LogP contribution in [0, 0.1) is 0 Å². The molecule has 2 heterocycles. The molecule has 2 aromatic rings. The molecule has 1 aliphatic heterocycles. The molecule has 114 valence electrons. The second-order valence-corrected chi connectivity index (χ2v) is 4.99. The highest BCUT2D eigenvalue weighted by molar-refractivity contribution is 5.85. The number of nitrogens with zero attached hydrogens (tertiary/aromatic N) is 2. The average Bonchev–Trinajstić information content (AvgIpc) is 2.49. The maximum Gasteiger partial charge on any atom is 0.258 e. The Bertz CT molecular complexity index is 587. The largest absolute Gasteiger partial charge is 0.475 e. The topological polar surface area (TPSA) is 59.1 Å². The molecule has 0 spiro atoms. The smallest absolute Gasteiger partial charge is 0.258 e. The molecular formula is C15H21ClN4O. The number of piperidine rings is 1. The Morgan fingerprint density at radius 2 is 2.05 bits per heavy atom. The van der Waals surface area contributed by atoms with Gasteiger partial charge in [0.15, 0.2) is 5.82 Å². The zero-order chi connectivity index (χ0) is 13.8. The van der Waals surface area contributed by atoms with Gasteiger partial charge in [0.25, 0.3) is 5.88 Å². The van der Waals surface area contributed by atoms with Crippen molar-refractivity contribution in [3.05, 3.63) is 24.3 Å². The van der Waals surface area contributed by atoms with Crippen LogP contribution in [0.3, 0.4) is 0 Å². The lowest BCUT2D eigenvalue weighted by Gasteiger charge is -2.25. The van der Waals surface area contributed by atoms with E-state index in [2.05, 4.69) is 20.6 Å². The second kappa shape index (κ2) is 7.43. The zero-order valence-corrected chi connectivity index (χ0v) is 12.9. The van der Waals surface area contributed by atoms with Gasteiger partial charge in [0.05, 0.1) is 17.6 Å². The van der Waals surface area contributed by atoms with Crippen molar-refractivity contribution < 1.29 is 4.74 Å². The Morgan fingerprint density at radius 3 is 2.71 bits per heavy atom. The van der Waals surface area contributed by atoms with E-state index in [0.717, 1.165) is 36.4 Å². The summed E-state index contributed by atoms with van der Waals surface area (Å²) in [5.41, 5.74) is 1.76. The highest BCUT2D eigenvalue weighted by Crippen LogP contribution is 2.24. The lowest BCUT2D eigenvalue weighted by atomic mass is 10.1. The van der Waals surface area contributed by atoms with Gasteiger partial charge < -0.3 is 15.4 Å². The third-order valence-corrected chi connectivity index (χ3v) is 3.46. The summed E-state index contributed by atoms with van der Waals surface area (Å²) >= 11 is 0. The highest BCUT2D eigenvalue weighted by atomic mass is 35.5. The van der Waals surface area contributed by atoms with E-state index < -0.39 is 0 Å². The van der Waals surface area contributed by atoms with Gasteiger partial charge in [-0.25, -0.2) is 9.97 Å². The fraction of sp³-hybridized carbons (Fsp3) is 0.467. The third-order valence-electron chi connectivity index (χ3n) is 3.46. The molecule has 3 rings (SSSR count). The lowest BCUT2D eigenvalue weighted by molar-refractivity contribution is 0.327. The van der Waals surface area contributed by atoms with Gasteiger partial charge in [0.1, 0.15) is 0 Å². The van der Waals surface area contributed by atoms with Crippen LogP contribution < -0.4 is 15.4 Å². The SMILES string of the molecule is CCOc1nc2ccccc2nc1N[C@@H]1CCCNC1.Cl. The van der Waals surface area contributed by atoms with Crippen LogP contribution in [0.5, 0.6) is 5.88 Å². The monoisotopic (exact) mass is 308 g/mol. The molecule has 0 unspecified atom stereocenters. The number of benzene rings is 1. The van der Waals surface area contributed by atoms with Crippen molar-refractivity contribution >= 4 is 29.3 Å². The quantitative estimate of drug-likeness (QED) is 0.909. The number of fused-ring (bicyclic) bond motifs is 1. The number of anilines is 1. The van der Waals surface area contributed by atoms with E-state index in [0.29, 0.717) is 18.5 Å². The van der Waals surface area contributed by atoms with E-state index in [-0.39, 0.29) is 12.4 Å². The van der Waals surface area contributed by atoms with Gasteiger partial charge in [-0.1, -0.05) is 12.1 Å². The molecule has 5 nitrogen and oxygen atoms in total. The van der Waals surface area contributed by atoms with E-state index in [4.69, 9.17) is 4.74 Å². The fourth-order valence-electron chi connectivity index (χ4n) is 2.48.